The molecule has 1 rings (SSSR count). The Bertz CT molecular complexity index is 141. The molecule has 0 aromatic heterocycles. The van der Waals surface area contributed by atoms with Gasteiger partial charge in [0, 0.05) is 6.04 Å². The second-order valence-corrected chi connectivity index (χ2v) is 4.95. The molecule has 0 aromatic carbocycles. The van der Waals surface area contributed by atoms with Crippen LogP contribution in [0.2, 0.25) is 0 Å². The zero-order valence-electron chi connectivity index (χ0n) is 9.63. The minimum atomic E-state index is -0.117. The molecule has 0 radical (unpaired) electrons. The Morgan fingerprint density at radius 2 is 2.07 bits per heavy atom. The Hall–Kier alpha value is -0.0800. The SMILES string of the molecule is CC(C)CCCC(O)C1CCCCN1. The van der Waals surface area contributed by atoms with Gasteiger partial charge in [0.25, 0.3) is 0 Å². The standard InChI is InChI=1S/C12H25NO/c1-10(2)6-5-8-12(14)11-7-3-4-9-13-11/h10-14H,3-9H2,1-2H3. The van der Waals surface area contributed by atoms with Gasteiger partial charge in [0.1, 0.15) is 0 Å². The van der Waals surface area contributed by atoms with E-state index in [0.717, 1.165) is 31.7 Å². The normalized spacial score (nSPS) is 25.3. The smallest absolute Gasteiger partial charge is 0.0693 e. The largest absolute Gasteiger partial charge is 0.392 e. The summed E-state index contributed by atoms with van der Waals surface area (Å²) in [5.74, 6) is 0.765. The third-order valence-corrected chi connectivity index (χ3v) is 3.09. The van der Waals surface area contributed by atoms with Gasteiger partial charge in [-0.1, -0.05) is 33.1 Å². The minimum absolute atomic E-state index is 0.117. The Morgan fingerprint density at radius 1 is 1.29 bits per heavy atom. The fraction of sp³-hybridized carbons (Fsp3) is 1.00. The molecule has 0 aliphatic carbocycles. The summed E-state index contributed by atoms with van der Waals surface area (Å²) in [7, 11) is 0. The van der Waals surface area contributed by atoms with E-state index < -0.39 is 0 Å². The Morgan fingerprint density at radius 3 is 2.64 bits per heavy atom. The Kier molecular flexibility index (Phi) is 5.49. The predicted octanol–water partition coefficient (Wildman–Crippen LogP) is 2.32. The molecule has 0 spiro atoms. The van der Waals surface area contributed by atoms with E-state index in [-0.39, 0.29) is 6.10 Å². The predicted molar refractivity (Wildman–Crippen MR) is 60.3 cm³/mol. The molecule has 2 N–H and O–H groups in total. The van der Waals surface area contributed by atoms with E-state index in [2.05, 4.69) is 19.2 Å². The highest BCUT2D eigenvalue weighted by Gasteiger charge is 2.20. The van der Waals surface area contributed by atoms with Crippen LogP contribution in [0.15, 0.2) is 0 Å². The number of hydrogen-bond donors (Lipinski definition) is 2. The molecule has 1 heterocycles. The van der Waals surface area contributed by atoms with Crippen molar-refractivity contribution in [3.05, 3.63) is 0 Å². The van der Waals surface area contributed by atoms with Crippen LogP contribution in [-0.2, 0) is 0 Å². The molecule has 2 atom stereocenters. The number of aliphatic hydroxyl groups is 1. The quantitative estimate of drug-likeness (QED) is 0.712. The lowest BCUT2D eigenvalue weighted by Crippen LogP contribution is -2.43. The first-order valence-electron chi connectivity index (χ1n) is 6.11. The van der Waals surface area contributed by atoms with E-state index in [1.54, 1.807) is 0 Å². The topological polar surface area (TPSA) is 32.3 Å². The van der Waals surface area contributed by atoms with Crippen molar-refractivity contribution in [3.63, 3.8) is 0 Å². The first-order valence-corrected chi connectivity index (χ1v) is 6.11. The maximum atomic E-state index is 9.92. The summed E-state index contributed by atoms with van der Waals surface area (Å²) in [6.45, 7) is 5.57. The molecule has 1 fully saturated rings. The van der Waals surface area contributed by atoms with Crippen LogP contribution in [0.25, 0.3) is 0 Å². The summed E-state index contributed by atoms with van der Waals surface area (Å²) in [5, 5.41) is 13.3. The number of piperidine rings is 1. The van der Waals surface area contributed by atoms with Crippen LogP contribution in [0.1, 0.15) is 52.4 Å². The zero-order valence-corrected chi connectivity index (χ0v) is 9.63. The van der Waals surface area contributed by atoms with Gasteiger partial charge >= 0.3 is 0 Å². The molecule has 0 saturated carbocycles. The van der Waals surface area contributed by atoms with Crippen LogP contribution < -0.4 is 5.32 Å². The average Bonchev–Trinajstić information content (AvgIpc) is 2.18. The first kappa shape index (κ1) is 12.0. The fourth-order valence-electron chi connectivity index (χ4n) is 2.14. The van der Waals surface area contributed by atoms with Crippen molar-refractivity contribution in [1.82, 2.24) is 5.32 Å². The van der Waals surface area contributed by atoms with Gasteiger partial charge in [0.2, 0.25) is 0 Å². The maximum absolute atomic E-state index is 9.92. The van der Waals surface area contributed by atoms with Gasteiger partial charge in [-0.2, -0.15) is 0 Å². The van der Waals surface area contributed by atoms with Crippen molar-refractivity contribution in [2.75, 3.05) is 6.54 Å². The summed E-state index contributed by atoms with van der Waals surface area (Å²) in [6, 6.07) is 0.371. The highest BCUT2D eigenvalue weighted by atomic mass is 16.3. The second kappa shape index (κ2) is 6.41. The highest BCUT2D eigenvalue weighted by molar-refractivity contribution is 4.79. The Labute approximate surface area is 88.1 Å². The summed E-state index contributed by atoms with van der Waals surface area (Å²) >= 11 is 0. The molecule has 2 unspecified atom stereocenters. The van der Waals surface area contributed by atoms with Crippen molar-refractivity contribution in [3.8, 4) is 0 Å². The van der Waals surface area contributed by atoms with Crippen LogP contribution in [0.3, 0.4) is 0 Å². The molecule has 0 bridgehead atoms. The van der Waals surface area contributed by atoms with Gasteiger partial charge in [-0.3, -0.25) is 0 Å². The van der Waals surface area contributed by atoms with Crippen LogP contribution in [0.4, 0.5) is 0 Å². The summed E-state index contributed by atoms with van der Waals surface area (Å²) in [4.78, 5) is 0. The molecule has 14 heavy (non-hydrogen) atoms. The van der Waals surface area contributed by atoms with Gasteiger partial charge in [-0.05, 0) is 31.7 Å². The number of nitrogens with one attached hydrogen (secondary N) is 1. The molecule has 0 aromatic rings. The van der Waals surface area contributed by atoms with E-state index in [9.17, 15) is 5.11 Å². The molecule has 84 valence electrons. The van der Waals surface area contributed by atoms with E-state index >= 15 is 0 Å². The zero-order chi connectivity index (χ0) is 10.4. The number of aliphatic hydroxyl groups excluding tert-OH is 1. The summed E-state index contributed by atoms with van der Waals surface area (Å²) in [5.41, 5.74) is 0. The lowest BCUT2D eigenvalue weighted by atomic mass is 9.95. The van der Waals surface area contributed by atoms with E-state index in [1.165, 1.54) is 19.3 Å². The van der Waals surface area contributed by atoms with Gasteiger partial charge in [-0.25, -0.2) is 0 Å². The van der Waals surface area contributed by atoms with Crippen molar-refractivity contribution in [2.45, 2.75) is 64.5 Å². The van der Waals surface area contributed by atoms with Crippen LogP contribution in [-0.4, -0.2) is 23.8 Å². The Balaban J connectivity index is 2.10. The van der Waals surface area contributed by atoms with E-state index in [1.807, 2.05) is 0 Å². The number of rotatable bonds is 5. The van der Waals surface area contributed by atoms with Crippen molar-refractivity contribution < 1.29 is 5.11 Å². The highest BCUT2D eigenvalue weighted by Crippen LogP contribution is 2.16. The molecular weight excluding hydrogens is 174 g/mol. The maximum Gasteiger partial charge on any atom is 0.0693 e. The number of hydrogen-bond acceptors (Lipinski definition) is 2. The first-order chi connectivity index (χ1) is 6.70. The average molecular weight is 199 g/mol. The monoisotopic (exact) mass is 199 g/mol. The van der Waals surface area contributed by atoms with Crippen LogP contribution in [0.5, 0.6) is 0 Å². The summed E-state index contributed by atoms with van der Waals surface area (Å²) < 4.78 is 0. The van der Waals surface area contributed by atoms with Crippen molar-refractivity contribution in [1.29, 1.82) is 0 Å². The van der Waals surface area contributed by atoms with Gasteiger partial charge < -0.3 is 10.4 Å². The van der Waals surface area contributed by atoms with Gasteiger partial charge in [0.15, 0.2) is 0 Å². The van der Waals surface area contributed by atoms with Gasteiger partial charge in [0.05, 0.1) is 6.10 Å². The molecule has 1 saturated heterocycles. The second-order valence-electron chi connectivity index (χ2n) is 4.95. The van der Waals surface area contributed by atoms with Crippen molar-refractivity contribution >= 4 is 0 Å². The molecular formula is C12H25NO. The van der Waals surface area contributed by atoms with Gasteiger partial charge in [-0.15, -0.1) is 0 Å². The van der Waals surface area contributed by atoms with E-state index in [0.29, 0.717) is 6.04 Å². The molecule has 1 aliphatic heterocycles. The molecule has 0 amide bonds. The van der Waals surface area contributed by atoms with Crippen molar-refractivity contribution in [2.24, 2.45) is 5.92 Å². The molecule has 1 aliphatic rings. The molecule has 2 heteroatoms. The lowest BCUT2D eigenvalue weighted by Gasteiger charge is -2.28. The van der Waals surface area contributed by atoms with Crippen LogP contribution in [0, 0.1) is 5.92 Å². The third-order valence-electron chi connectivity index (χ3n) is 3.09. The lowest BCUT2D eigenvalue weighted by molar-refractivity contribution is 0.101. The summed E-state index contributed by atoms with van der Waals surface area (Å²) in [6.07, 6.45) is 6.96. The third kappa shape index (κ3) is 4.43. The molecule has 2 nitrogen and oxygen atoms in total. The fourth-order valence-corrected chi connectivity index (χ4v) is 2.14. The minimum Gasteiger partial charge on any atom is -0.392 e. The van der Waals surface area contributed by atoms with E-state index in [4.69, 9.17) is 0 Å². The van der Waals surface area contributed by atoms with Crippen LogP contribution >= 0.6 is 0 Å².